The Labute approximate surface area is 112 Å². The van der Waals surface area contributed by atoms with Gasteiger partial charge in [-0.15, -0.1) is 5.10 Å². The smallest absolute Gasteiger partial charge is 0.358 e. The van der Waals surface area contributed by atoms with E-state index in [1.165, 1.54) is 0 Å². The van der Waals surface area contributed by atoms with E-state index in [1.807, 2.05) is 0 Å². The summed E-state index contributed by atoms with van der Waals surface area (Å²) < 4.78 is 7.28. The first-order valence-corrected chi connectivity index (χ1v) is 6.85. The van der Waals surface area contributed by atoms with Crippen LogP contribution in [0.1, 0.15) is 49.3 Å². The van der Waals surface area contributed by atoms with Crippen LogP contribution in [0.3, 0.4) is 0 Å². The molecule has 106 valence electrons. The van der Waals surface area contributed by atoms with Gasteiger partial charge in [-0.3, -0.25) is 0 Å². The second-order valence-corrected chi connectivity index (χ2v) is 5.44. The van der Waals surface area contributed by atoms with Gasteiger partial charge in [0.25, 0.3) is 0 Å². The maximum atomic E-state index is 11.2. The van der Waals surface area contributed by atoms with Crippen molar-refractivity contribution in [1.82, 2.24) is 15.0 Å². The van der Waals surface area contributed by atoms with Crippen molar-refractivity contribution < 1.29 is 14.6 Å². The van der Waals surface area contributed by atoms with Crippen molar-refractivity contribution in [2.24, 2.45) is 5.92 Å². The lowest BCUT2D eigenvalue weighted by Gasteiger charge is -2.12. The number of carbonyl (C=O) groups is 1. The highest BCUT2D eigenvalue weighted by Gasteiger charge is 2.23. The predicted molar refractivity (Wildman–Crippen MR) is 69.1 cm³/mol. The molecule has 19 heavy (non-hydrogen) atoms. The van der Waals surface area contributed by atoms with Gasteiger partial charge in [0.15, 0.2) is 5.69 Å². The minimum absolute atomic E-state index is 0.0821. The normalized spacial score (nSPS) is 19.2. The minimum Gasteiger partial charge on any atom is -0.476 e. The van der Waals surface area contributed by atoms with Gasteiger partial charge in [-0.1, -0.05) is 19.1 Å². The molecule has 1 N–H and O–H groups in total. The van der Waals surface area contributed by atoms with E-state index in [9.17, 15) is 4.79 Å². The third-order valence-corrected chi connectivity index (χ3v) is 3.40. The molecule has 6 heteroatoms. The maximum absolute atomic E-state index is 11.2. The van der Waals surface area contributed by atoms with Gasteiger partial charge < -0.3 is 9.84 Å². The number of ether oxygens (including phenoxy) is 1. The van der Waals surface area contributed by atoms with E-state index in [4.69, 9.17) is 9.84 Å². The average Bonchev–Trinajstić information content (AvgIpc) is 2.96. The number of hydrogen-bond donors (Lipinski definition) is 1. The van der Waals surface area contributed by atoms with Crippen molar-refractivity contribution in [2.45, 2.75) is 52.2 Å². The van der Waals surface area contributed by atoms with Crippen molar-refractivity contribution in [2.75, 3.05) is 6.61 Å². The Morgan fingerprint density at radius 2 is 2.37 bits per heavy atom. The predicted octanol–water partition coefficient (Wildman–Crippen LogP) is 1.74. The largest absolute Gasteiger partial charge is 0.476 e. The van der Waals surface area contributed by atoms with Gasteiger partial charge >= 0.3 is 5.97 Å². The molecule has 0 saturated carbocycles. The SMILES string of the molecule is CC(C)CCc1c(C(=O)O)nnn1CC1CCCO1. The zero-order valence-corrected chi connectivity index (χ0v) is 11.5. The van der Waals surface area contributed by atoms with Gasteiger partial charge in [-0.2, -0.15) is 0 Å². The van der Waals surface area contributed by atoms with E-state index in [0.29, 0.717) is 18.9 Å². The van der Waals surface area contributed by atoms with Gasteiger partial charge in [0.1, 0.15) is 0 Å². The van der Waals surface area contributed by atoms with Crippen LogP contribution in [-0.2, 0) is 17.7 Å². The topological polar surface area (TPSA) is 77.2 Å². The molecule has 1 aromatic heterocycles. The fourth-order valence-corrected chi connectivity index (χ4v) is 2.30. The lowest BCUT2D eigenvalue weighted by molar-refractivity contribution is 0.0688. The van der Waals surface area contributed by atoms with Crippen molar-refractivity contribution >= 4 is 5.97 Å². The molecule has 0 amide bonds. The molecule has 0 radical (unpaired) electrons. The summed E-state index contributed by atoms with van der Waals surface area (Å²) in [4.78, 5) is 11.2. The Morgan fingerprint density at radius 3 is 2.95 bits per heavy atom. The zero-order chi connectivity index (χ0) is 13.8. The van der Waals surface area contributed by atoms with Crippen molar-refractivity contribution in [3.05, 3.63) is 11.4 Å². The van der Waals surface area contributed by atoms with Gasteiger partial charge in [-0.25, -0.2) is 9.48 Å². The van der Waals surface area contributed by atoms with Gasteiger partial charge in [0.05, 0.1) is 18.3 Å². The summed E-state index contributed by atoms with van der Waals surface area (Å²) in [5, 5.41) is 16.9. The van der Waals surface area contributed by atoms with Crippen molar-refractivity contribution in [1.29, 1.82) is 0 Å². The Morgan fingerprint density at radius 1 is 1.58 bits per heavy atom. The molecule has 1 fully saturated rings. The zero-order valence-electron chi connectivity index (χ0n) is 11.5. The van der Waals surface area contributed by atoms with E-state index >= 15 is 0 Å². The molecular weight excluding hydrogens is 246 g/mol. The number of carboxylic acids is 1. The van der Waals surface area contributed by atoms with Crippen LogP contribution >= 0.6 is 0 Å². The first-order chi connectivity index (χ1) is 9.08. The van der Waals surface area contributed by atoms with Gasteiger partial charge in [0, 0.05) is 6.61 Å². The Balaban J connectivity index is 2.13. The van der Waals surface area contributed by atoms with Crippen LogP contribution in [0.5, 0.6) is 0 Å². The summed E-state index contributed by atoms with van der Waals surface area (Å²) in [5.41, 5.74) is 0.801. The fraction of sp³-hybridized carbons (Fsp3) is 0.769. The van der Waals surface area contributed by atoms with Crippen LogP contribution < -0.4 is 0 Å². The third-order valence-electron chi connectivity index (χ3n) is 3.40. The average molecular weight is 267 g/mol. The molecule has 1 aromatic rings. The Hall–Kier alpha value is -1.43. The fourth-order valence-electron chi connectivity index (χ4n) is 2.30. The lowest BCUT2D eigenvalue weighted by Crippen LogP contribution is -2.19. The number of carboxylic acid groups (broad SMARTS) is 1. The third kappa shape index (κ3) is 3.53. The Kier molecular flexibility index (Phi) is 4.52. The van der Waals surface area contributed by atoms with Crippen LogP contribution in [0.15, 0.2) is 0 Å². The first kappa shape index (κ1) is 14.0. The molecule has 0 aliphatic carbocycles. The summed E-state index contributed by atoms with van der Waals surface area (Å²) in [6, 6.07) is 0. The lowest BCUT2D eigenvalue weighted by atomic mass is 10.1. The molecule has 2 rings (SSSR count). The van der Waals surface area contributed by atoms with Gasteiger partial charge in [-0.05, 0) is 31.6 Å². The molecule has 1 unspecified atom stereocenters. The van der Waals surface area contributed by atoms with Crippen molar-refractivity contribution in [3.8, 4) is 0 Å². The molecule has 0 bridgehead atoms. The van der Waals surface area contributed by atoms with Crippen LogP contribution in [0.4, 0.5) is 0 Å². The molecule has 0 aromatic carbocycles. The number of hydrogen-bond acceptors (Lipinski definition) is 4. The van der Waals surface area contributed by atoms with E-state index in [0.717, 1.165) is 31.6 Å². The number of nitrogens with zero attached hydrogens (tertiary/aromatic N) is 3. The summed E-state index contributed by atoms with van der Waals surface area (Å²) in [5.74, 6) is -0.481. The molecule has 2 heterocycles. The summed E-state index contributed by atoms with van der Waals surface area (Å²) in [6.45, 7) is 5.63. The summed E-state index contributed by atoms with van der Waals surface area (Å²) >= 11 is 0. The van der Waals surface area contributed by atoms with Gasteiger partial charge in [0.2, 0.25) is 0 Å². The van der Waals surface area contributed by atoms with Crippen LogP contribution in [0, 0.1) is 5.92 Å². The van der Waals surface area contributed by atoms with Crippen LogP contribution in [-0.4, -0.2) is 38.8 Å². The van der Waals surface area contributed by atoms with Crippen LogP contribution in [0.2, 0.25) is 0 Å². The molecular formula is C13H21N3O3. The second-order valence-electron chi connectivity index (χ2n) is 5.44. The Bertz CT molecular complexity index is 436. The second kappa shape index (κ2) is 6.14. The summed E-state index contributed by atoms with van der Waals surface area (Å²) in [6.07, 6.45) is 3.83. The minimum atomic E-state index is -1.00. The highest BCUT2D eigenvalue weighted by molar-refractivity contribution is 5.86. The highest BCUT2D eigenvalue weighted by atomic mass is 16.5. The number of rotatable bonds is 6. The summed E-state index contributed by atoms with van der Waals surface area (Å²) in [7, 11) is 0. The standard InChI is InChI=1S/C13H21N3O3/c1-9(2)5-6-11-12(13(17)18)14-15-16(11)8-10-4-3-7-19-10/h9-10H,3-8H2,1-2H3,(H,17,18). The molecule has 1 aliphatic heterocycles. The molecule has 1 aliphatic rings. The number of aromatic carboxylic acids is 1. The van der Waals surface area contributed by atoms with E-state index in [2.05, 4.69) is 24.2 Å². The highest BCUT2D eigenvalue weighted by Crippen LogP contribution is 2.17. The van der Waals surface area contributed by atoms with Crippen LogP contribution in [0.25, 0.3) is 0 Å². The maximum Gasteiger partial charge on any atom is 0.358 e. The quantitative estimate of drug-likeness (QED) is 0.849. The van der Waals surface area contributed by atoms with Crippen molar-refractivity contribution in [3.63, 3.8) is 0 Å². The van der Waals surface area contributed by atoms with E-state index in [-0.39, 0.29) is 11.8 Å². The molecule has 1 saturated heterocycles. The first-order valence-electron chi connectivity index (χ1n) is 6.85. The number of aromatic nitrogens is 3. The van der Waals surface area contributed by atoms with E-state index < -0.39 is 5.97 Å². The molecule has 0 spiro atoms. The van der Waals surface area contributed by atoms with E-state index in [1.54, 1.807) is 4.68 Å². The molecule has 1 atom stereocenters. The monoisotopic (exact) mass is 267 g/mol. The molecule has 6 nitrogen and oxygen atoms in total.